The Morgan fingerprint density at radius 2 is 1.78 bits per heavy atom. The van der Waals surface area contributed by atoms with Gasteiger partial charge in [-0.1, -0.05) is 31.2 Å². The number of guanidine groups is 1. The molecule has 0 saturated carbocycles. The molecule has 0 amide bonds. The minimum absolute atomic E-state index is 0.143. The number of hydrogen-bond donors (Lipinski definition) is 2. The normalized spacial score (nSPS) is 10.8. The molecule has 0 atom stereocenters. The molecule has 0 aliphatic rings. The molecule has 0 fully saturated rings. The van der Waals surface area contributed by atoms with Crippen LogP contribution in [-0.4, -0.2) is 11.7 Å². The van der Waals surface area contributed by atoms with Crippen molar-refractivity contribution in [2.45, 2.75) is 26.2 Å². The molecule has 0 saturated heterocycles. The molecule has 1 rings (SSSR count). The van der Waals surface area contributed by atoms with E-state index in [1.165, 1.54) is 11.1 Å². The van der Waals surface area contributed by atoms with Gasteiger partial charge in [0.25, 0.3) is 0 Å². The molecule has 0 unspecified atom stereocenters. The van der Waals surface area contributed by atoms with E-state index in [9.17, 15) is 0 Å². The first kappa shape index (κ1) is 13.7. The van der Waals surface area contributed by atoms with Gasteiger partial charge in [0.2, 0.25) is 5.96 Å². The third-order valence-electron chi connectivity index (χ3n) is 2.50. The molecule has 5 heteroatoms. The number of benzene rings is 1. The molecule has 0 aliphatic carbocycles. The van der Waals surface area contributed by atoms with Crippen LogP contribution in [-0.2, 0) is 12.8 Å². The van der Waals surface area contributed by atoms with Gasteiger partial charge in [0.15, 0.2) is 0 Å². The lowest BCUT2D eigenvalue weighted by Gasteiger charge is -2.01. The van der Waals surface area contributed by atoms with Crippen molar-refractivity contribution in [3.8, 4) is 6.07 Å². The highest BCUT2D eigenvalue weighted by Gasteiger charge is 2.00. The van der Waals surface area contributed by atoms with Crippen molar-refractivity contribution >= 4 is 11.7 Å². The van der Waals surface area contributed by atoms with Gasteiger partial charge >= 0.3 is 0 Å². The lowest BCUT2D eigenvalue weighted by Crippen LogP contribution is -2.22. The predicted molar refractivity (Wildman–Crippen MR) is 73.0 cm³/mol. The second-order valence-electron chi connectivity index (χ2n) is 3.85. The van der Waals surface area contributed by atoms with Gasteiger partial charge in [-0.25, -0.2) is 0 Å². The zero-order valence-electron chi connectivity index (χ0n) is 10.4. The van der Waals surface area contributed by atoms with Gasteiger partial charge in [-0.2, -0.15) is 5.26 Å². The van der Waals surface area contributed by atoms with E-state index in [2.05, 4.69) is 41.4 Å². The van der Waals surface area contributed by atoms with Crippen LogP contribution in [0.3, 0.4) is 0 Å². The van der Waals surface area contributed by atoms with Crippen molar-refractivity contribution in [1.29, 1.82) is 5.26 Å². The summed E-state index contributed by atoms with van der Waals surface area (Å²) in [5, 5.41) is 16.0. The smallest absolute Gasteiger partial charge is 0.211 e. The number of nitriles is 1. The number of nitrogens with two attached hydrogens (primary N) is 2. The molecule has 1 aromatic rings. The third kappa shape index (κ3) is 4.66. The van der Waals surface area contributed by atoms with E-state index < -0.39 is 0 Å². The summed E-state index contributed by atoms with van der Waals surface area (Å²) in [6, 6.07) is 10.3. The van der Waals surface area contributed by atoms with E-state index in [-0.39, 0.29) is 5.96 Å². The fourth-order valence-corrected chi connectivity index (χ4v) is 1.45. The minimum atomic E-state index is -0.143. The van der Waals surface area contributed by atoms with Crippen molar-refractivity contribution in [3.05, 3.63) is 35.4 Å². The Labute approximate surface area is 107 Å². The topological polar surface area (TPSA) is 101 Å². The first-order chi connectivity index (χ1) is 8.65. The van der Waals surface area contributed by atoms with Gasteiger partial charge in [-0.15, -0.1) is 10.2 Å². The largest absolute Gasteiger partial charge is 0.369 e. The van der Waals surface area contributed by atoms with E-state index in [4.69, 9.17) is 16.7 Å². The molecular formula is C13H17N5. The van der Waals surface area contributed by atoms with Crippen LogP contribution in [0.1, 0.15) is 24.5 Å². The van der Waals surface area contributed by atoms with Gasteiger partial charge in [-0.05, 0) is 24.0 Å². The van der Waals surface area contributed by atoms with Crippen LogP contribution in [0.4, 0.5) is 0 Å². The second-order valence-corrected chi connectivity index (χ2v) is 3.85. The van der Waals surface area contributed by atoms with Gasteiger partial charge in [0, 0.05) is 6.42 Å². The molecule has 94 valence electrons. The summed E-state index contributed by atoms with van der Waals surface area (Å²) in [5.74, 6) is -0.143. The molecule has 1 aromatic carbocycles. The summed E-state index contributed by atoms with van der Waals surface area (Å²) < 4.78 is 0. The third-order valence-corrected chi connectivity index (χ3v) is 2.50. The maximum Gasteiger partial charge on any atom is 0.211 e. The van der Waals surface area contributed by atoms with E-state index in [1.54, 1.807) is 0 Å². The lowest BCUT2D eigenvalue weighted by atomic mass is 10.0. The van der Waals surface area contributed by atoms with Gasteiger partial charge < -0.3 is 11.5 Å². The number of rotatable bonds is 5. The molecule has 0 bridgehead atoms. The van der Waals surface area contributed by atoms with E-state index in [1.807, 2.05) is 6.07 Å². The van der Waals surface area contributed by atoms with Gasteiger partial charge in [0.05, 0.1) is 0 Å². The van der Waals surface area contributed by atoms with Crippen LogP contribution in [0.2, 0.25) is 0 Å². The van der Waals surface area contributed by atoms with Gasteiger partial charge in [-0.3, -0.25) is 0 Å². The number of aryl methyl sites for hydroxylation is 2. The zero-order chi connectivity index (χ0) is 13.4. The zero-order valence-corrected chi connectivity index (χ0v) is 10.4. The molecule has 0 aromatic heterocycles. The summed E-state index contributed by atoms with van der Waals surface area (Å²) >= 11 is 0. The highest BCUT2D eigenvalue weighted by molar-refractivity contribution is 5.98. The summed E-state index contributed by atoms with van der Waals surface area (Å²) in [5.41, 5.74) is 13.1. The Balaban J connectivity index is 2.60. The van der Waals surface area contributed by atoms with Crippen molar-refractivity contribution < 1.29 is 0 Å². The van der Waals surface area contributed by atoms with Crippen molar-refractivity contribution in [2.24, 2.45) is 21.7 Å². The van der Waals surface area contributed by atoms with Crippen LogP contribution in [0, 0.1) is 11.3 Å². The SMILES string of the molecule is CCc1ccc(CC/C(C#N)=N/N=C(N)N)cc1. The van der Waals surface area contributed by atoms with Crippen molar-refractivity contribution in [1.82, 2.24) is 0 Å². The van der Waals surface area contributed by atoms with Crippen LogP contribution < -0.4 is 11.5 Å². The Hall–Kier alpha value is -2.35. The summed E-state index contributed by atoms with van der Waals surface area (Å²) in [4.78, 5) is 0. The average Bonchev–Trinajstić information content (AvgIpc) is 2.39. The average molecular weight is 243 g/mol. The summed E-state index contributed by atoms with van der Waals surface area (Å²) in [6.45, 7) is 2.12. The number of hydrogen-bond acceptors (Lipinski definition) is 3. The summed E-state index contributed by atoms with van der Waals surface area (Å²) in [6.07, 6.45) is 2.30. The fraction of sp³-hybridized carbons (Fsp3) is 0.308. The Bertz CT molecular complexity index is 475. The highest BCUT2D eigenvalue weighted by atomic mass is 15.3. The molecule has 0 aliphatic heterocycles. The molecule has 0 spiro atoms. The number of nitrogens with zero attached hydrogens (tertiary/aromatic N) is 3. The maximum atomic E-state index is 8.87. The van der Waals surface area contributed by atoms with Crippen LogP contribution in [0.25, 0.3) is 0 Å². The molecular weight excluding hydrogens is 226 g/mol. The lowest BCUT2D eigenvalue weighted by molar-refractivity contribution is 1.02. The molecule has 18 heavy (non-hydrogen) atoms. The minimum Gasteiger partial charge on any atom is -0.369 e. The summed E-state index contributed by atoms with van der Waals surface area (Å²) in [7, 11) is 0. The molecule has 5 nitrogen and oxygen atoms in total. The molecule has 0 heterocycles. The monoisotopic (exact) mass is 243 g/mol. The second kappa shape index (κ2) is 7.07. The van der Waals surface area contributed by atoms with E-state index in [0.29, 0.717) is 12.1 Å². The first-order valence-corrected chi connectivity index (χ1v) is 5.79. The molecule has 4 N–H and O–H groups in total. The van der Waals surface area contributed by atoms with Crippen LogP contribution >= 0.6 is 0 Å². The fourth-order valence-electron chi connectivity index (χ4n) is 1.45. The van der Waals surface area contributed by atoms with Crippen LogP contribution in [0.5, 0.6) is 0 Å². The Morgan fingerprint density at radius 1 is 1.17 bits per heavy atom. The van der Waals surface area contributed by atoms with Gasteiger partial charge in [0.1, 0.15) is 11.8 Å². The quantitative estimate of drug-likeness (QED) is 0.463. The maximum absolute atomic E-state index is 8.87. The van der Waals surface area contributed by atoms with E-state index >= 15 is 0 Å². The Kier molecular flexibility index (Phi) is 5.39. The predicted octanol–water partition coefficient (Wildman–Crippen LogP) is 1.33. The molecule has 0 radical (unpaired) electrons. The highest BCUT2D eigenvalue weighted by Crippen LogP contribution is 2.07. The van der Waals surface area contributed by atoms with Crippen molar-refractivity contribution in [3.63, 3.8) is 0 Å². The Morgan fingerprint density at radius 3 is 2.28 bits per heavy atom. The van der Waals surface area contributed by atoms with Crippen LogP contribution in [0.15, 0.2) is 34.5 Å². The van der Waals surface area contributed by atoms with Crippen molar-refractivity contribution in [2.75, 3.05) is 0 Å². The first-order valence-electron chi connectivity index (χ1n) is 5.79. The van der Waals surface area contributed by atoms with E-state index in [0.717, 1.165) is 12.8 Å². The standard InChI is InChI=1S/C13H17N5/c1-2-10-3-5-11(6-4-10)7-8-12(9-14)17-18-13(15)16/h3-6H,2,7-8H2,1H3,(H4,15,16,18)/b17-12-.